The van der Waals surface area contributed by atoms with Gasteiger partial charge >= 0.3 is 0 Å². The zero-order chi connectivity index (χ0) is 13.8. The fraction of sp³-hybridized carbons (Fsp3) is 0.357. The van der Waals surface area contributed by atoms with Gasteiger partial charge in [0.1, 0.15) is 5.75 Å². The number of aromatic nitrogens is 1. The van der Waals surface area contributed by atoms with Gasteiger partial charge in [0.25, 0.3) is 0 Å². The Bertz CT molecular complexity index is 534. The lowest BCUT2D eigenvalue weighted by Gasteiger charge is -2.15. The molecule has 0 aliphatic carbocycles. The van der Waals surface area contributed by atoms with Crippen LogP contribution in [0.1, 0.15) is 33.8 Å². The standard InChI is InChI=1S/C14H19N3OS/c1-4-18-12-6-11(7-16-8-12)14(17-15)13-5-9(2)10(3)19-13/h5-8,14,17H,4,15H2,1-3H3. The molecule has 0 saturated carbocycles. The molecule has 0 aromatic carbocycles. The van der Waals surface area contributed by atoms with Gasteiger partial charge in [-0.25, -0.2) is 5.43 Å². The van der Waals surface area contributed by atoms with E-state index in [1.54, 1.807) is 17.5 Å². The van der Waals surface area contributed by atoms with Crippen LogP contribution in [0, 0.1) is 13.8 Å². The molecule has 1 unspecified atom stereocenters. The van der Waals surface area contributed by atoms with Crippen molar-refractivity contribution in [3.63, 3.8) is 0 Å². The van der Waals surface area contributed by atoms with Gasteiger partial charge in [-0.15, -0.1) is 11.3 Å². The van der Waals surface area contributed by atoms with E-state index in [2.05, 4.69) is 30.3 Å². The minimum absolute atomic E-state index is 0.0506. The monoisotopic (exact) mass is 277 g/mol. The first-order valence-electron chi connectivity index (χ1n) is 6.26. The zero-order valence-corrected chi connectivity index (χ0v) is 12.3. The Labute approximate surface area is 117 Å². The minimum atomic E-state index is -0.0506. The number of nitrogens with one attached hydrogen (secondary N) is 1. The molecule has 0 saturated heterocycles. The largest absolute Gasteiger partial charge is 0.492 e. The molecule has 19 heavy (non-hydrogen) atoms. The maximum Gasteiger partial charge on any atom is 0.137 e. The molecule has 0 radical (unpaired) electrons. The summed E-state index contributed by atoms with van der Waals surface area (Å²) < 4.78 is 5.48. The van der Waals surface area contributed by atoms with Crippen LogP contribution in [0.25, 0.3) is 0 Å². The summed E-state index contributed by atoms with van der Waals surface area (Å²) in [6, 6.07) is 4.09. The van der Waals surface area contributed by atoms with Crippen LogP contribution in [0.4, 0.5) is 0 Å². The summed E-state index contributed by atoms with van der Waals surface area (Å²) >= 11 is 1.75. The highest BCUT2D eigenvalue weighted by Gasteiger charge is 2.16. The van der Waals surface area contributed by atoms with Crippen LogP contribution < -0.4 is 16.0 Å². The van der Waals surface area contributed by atoms with Crippen molar-refractivity contribution in [2.75, 3.05) is 6.61 Å². The molecular formula is C14H19N3OS. The van der Waals surface area contributed by atoms with Crippen molar-refractivity contribution in [3.05, 3.63) is 45.4 Å². The van der Waals surface area contributed by atoms with Crippen LogP contribution in [-0.4, -0.2) is 11.6 Å². The van der Waals surface area contributed by atoms with E-state index in [4.69, 9.17) is 10.6 Å². The number of thiophene rings is 1. The predicted molar refractivity (Wildman–Crippen MR) is 78.4 cm³/mol. The number of hydrazine groups is 1. The number of nitrogens with zero attached hydrogens (tertiary/aromatic N) is 1. The third-order valence-electron chi connectivity index (χ3n) is 3.01. The Morgan fingerprint density at radius 1 is 1.37 bits per heavy atom. The number of hydrogen-bond donors (Lipinski definition) is 2. The molecule has 2 aromatic rings. The molecule has 0 aliphatic rings. The third kappa shape index (κ3) is 3.12. The molecule has 0 aliphatic heterocycles. The van der Waals surface area contributed by atoms with E-state index in [0.717, 1.165) is 11.3 Å². The topological polar surface area (TPSA) is 60.2 Å². The van der Waals surface area contributed by atoms with Crippen molar-refractivity contribution in [2.24, 2.45) is 5.84 Å². The maximum atomic E-state index is 5.71. The van der Waals surface area contributed by atoms with Crippen LogP contribution in [0.15, 0.2) is 24.5 Å². The molecular weight excluding hydrogens is 258 g/mol. The third-order valence-corrected chi connectivity index (χ3v) is 4.23. The van der Waals surface area contributed by atoms with E-state index in [9.17, 15) is 0 Å². The lowest BCUT2D eigenvalue weighted by molar-refractivity contribution is 0.338. The van der Waals surface area contributed by atoms with Gasteiger partial charge in [-0.05, 0) is 44.0 Å². The Morgan fingerprint density at radius 2 is 2.16 bits per heavy atom. The Morgan fingerprint density at radius 3 is 2.74 bits per heavy atom. The van der Waals surface area contributed by atoms with Crippen molar-refractivity contribution in [2.45, 2.75) is 26.8 Å². The first-order chi connectivity index (χ1) is 9.15. The average Bonchev–Trinajstić information content (AvgIpc) is 2.71. The second-order valence-corrected chi connectivity index (χ2v) is 5.66. The second-order valence-electron chi connectivity index (χ2n) is 4.37. The number of aryl methyl sites for hydroxylation is 2. The number of pyridine rings is 1. The molecule has 1 atom stereocenters. The predicted octanol–water partition coefficient (Wildman–Crippen LogP) is 2.71. The van der Waals surface area contributed by atoms with Gasteiger partial charge in [0.15, 0.2) is 0 Å². The zero-order valence-electron chi connectivity index (χ0n) is 11.4. The molecule has 5 heteroatoms. The molecule has 0 bridgehead atoms. The second kappa shape index (κ2) is 6.14. The van der Waals surface area contributed by atoms with Crippen molar-refractivity contribution in [1.82, 2.24) is 10.4 Å². The molecule has 102 valence electrons. The van der Waals surface area contributed by atoms with Gasteiger partial charge < -0.3 is 4.74 Å². The number of rotatable bonds is 5. The highest BCUT2D eigenvalue weighted by Crippen LogP contribution is 2.31. The molecule has 3 N–H and O–H groups in total. The number of nitrogens with two attached hydrogens (primary N) is 1. The highest BCUT2D eigenvalue weighted by molar-refractivity contribution is 7.12. The van der Waals surface area contributed by atoms with Crippen LogP contribution >= 0.6 is 11.3 Å². The summed E-state index contributed by atoms with van der Waals surface area (Å²) in [6.45, 7) is 6.81. The molecule has 2 heterocycles. The van der Waals surface area contributed by atoms with Gasteiger partial charge in [0.2, 0.25) is 0 Å². The van der Waals surface area contributed by atoms with Crippen LogP contribution in [0.2, 0.25) is 0 Å². The summed E-state index contributed by atoms with van der Waals surface area (Å²) in [4.78, 5) is 6.71. The lowest BCUT2D eigenvalue weighted by atomic mass is 10.1. The van der Waals surface area contributed by atoms with Crippen molar-refractivity contribution in [1.29, 1.82) is 0 Å². The number of hydrogen-bond acceptors (Lipinski definition) is 5. The first kappa shape index (κ1) is 14.0. The van der Waals surface area contributed by atoms with Crippen molar-refractivity contribution < 1.29 is 4.74 Å². The van der Waals surface area contributed by atoms with E-state index in [-0.39, 0.29) is 6.04 Å². The molecule has 0 fully saturated rings. The van der Waals surface area contributed by atoms with Gasteiger partial charge in [-0.3, -0.25) is 10.8 Å². The van der Waals surface area contributed by atoms with Gasteiger partial charge in [0.05, 0.1) is 18.8 Å². The van der Waals surface area contributed by atoms with Gasteiger partial charge in [-0.1, -0.05) is 0 Å². The van der Waals surface area contributed by atoms with Gasteiger partial charge in [-0.2, -0.15) is 0 Å². The Kier molecular flexibility index (Phi) is 4.52. The van der Waals surface area contributed by atoms with Crippen LogP contribution in [-0.2, 0) is 0 Å². The van der Waals surface area contributed by atoms with E-state index < -0.39 is 0 Å². The van der Waals surface area contributed by atoms with E-state index in [1.807, 2.05) is 19.2 Å². The highest BCUT2D eigenvalue weighted by atomic mass is 32.1. The summed E-state index contributed by atoms with van der Waals surface area (Å²) in [5.41, 5.74) is 5.15. The van der Waals surface area contributed by atoms with Crippen molar-refractivity contribution in [3.8, 4) is 5.75 Å². The molecule has 4 nitrogen and oxygen atoms in total. The summed E-state index contributed by atoms with van der Waals surface area (Å²) in [5, 5.41) is 0. The average molecular weight is 277 g/mol. The van der Waals surface area contributed by atoms with E-state index in [1.165, 1.54) is 15.3 Å². The molecule has 0 amide bonds. The lowest BCUT2D eigenvalue weighted by Crippen LogP contribution is -2.28. The molecule has 0 spiro atoms. The normalized spacial score (nSPS) is 12.4. The van der Waals surface area contributed by atoms with Gasteiger partial charge in [0, 0.05) is 16.0 Å². The summed E-state index contributed by atoms with van der Waals surface area (Å²) in [7, 11) is 0. The molecule has 2 rings (SSSR count). The maximum absolute atomic E-state index is 5.71. The van der Waals surface area contributed by atoms with Crippen LogP contribution in [0.3, 0.4) is 0 Å². The Hall–Kier alpha value is -1.43. The van der Waals surface area contributed by atoms with Crippen molar-refractivity contribution >= 4 is 11.3 Å². The number of ether oxygens (including phenoxy) is 1. The Balaban J connectivity index is 2.33. The minimum Gasteiger partial charge on any atom is -0.492 e. The fourth-order valence-electron chi connectivity index (χ4n) is 1.93. The quantitative estimate of drug-likeness (QED) is 0.651. The smallest absolute Gasteiger partial charge is 0.137 e. The summed E-state index contributed by atoms with van der Waals surface area (Å²) in [6.07, 6.45) is 3.53. The first-order valence-corrected chi connectivity index (χ1v) is 7.08. The van der Waals surface area contributed by atoms with Crippen LogP contribution in [0.5, 0.6) is 5.75 Å². The fourth-order valence-corrected chi connectivity index (χ4v) is 3.06. The van der Waals surface area contributed by atoms with E-state index in [0.29, 0.717) is 6.61 Å². The molecule has 2 aromatic heterocycles. The summed E-state index contributed by atoms with van der Waals surface area (Å²) in [5.74, 6) is 6.48. The van der Waals surface area contributed by atoms with E-state index >= 15 is 0 Å². The SMILES string of the molecule is CCOc1cncc(C(NN)c2cc(C)c(C)s2)c1.